The molecule has 0 radical (unpaired) electrons. The minimum absolute atomic E-state index is 0.164. The minimum Gasteiger partial charge on any atom is -0.379 e. The Morgan fingerprint density at radius 2 is 1.93 bits per heavy atom. The number of allylic oxidation sites excluding steroid dienone is 1. The number of ether oxygens (including phenoxy) is 1. The molecule has 0 aromatic heterocycles. The highest BCUT2D eigenvalue weighted by Crippen LogP contribution is 2.26. The third kappa shape index (κ3) is 5.33. The molecule has 2 atom stereocenters. The summed E-state index contributed by atoms with van der Waals surface area (Å²) in [7, 11) is 3.79. The largest absolute Gasteiger partial charge is 0.379 e. The van der Waals surface area contributed by atoms with E-state index in [2.05, 4.69) is 39.6 Å². The molecule has 0 spiro atoms. The highest BCUT2D eigenvalue weighted by atomic mass is 16.5. The van der Waals surface area contributed by atoms with Crippen LogP contribution in [0.2, 0.25) is 0 Å². The Bertz CT molecular complexity index is 193. The normalized spacial score (nSPS) is 16.1. The van der Waals surface area contributed by atoms with Crippen molar-refractivity contribution >= 4 is 0 Å². The highest BCUT2D eigenvalue weighted by Gasteiger charge is 2.30. The van der Waals surface area contributed by atoms with Crippen molar-refractivity contribution in [1.82, 2.24) is 5.32 Å². The van der Waals surface area contributed by atoms with E-state index in [9.17, 15) is 0 Å². The van der Waals surface area contributed by atoms with Gasteiger partial charge in [-0.3, -0.25) is 0 Å². The van der Waals surface area contributed by atoms with Crippen LogP contribution in [0.15, 0.2) is 12.2 Å². The van der Waals surface area contributed by atoms with Gasteiger partial charge < -0.3 is 10.1 Å². The van der Waals surface area contributed by atoms with Gasteiger partial charge in [-0.1, -0.05) is 26.3 Å². The van der Waals surface area contributed by atoms with E-state index in [1.165, 1.54) is 5.57 Å². The van der Waals surface area contributed by atoms with Crippen LogP contribution < -0.4 is 5.32 Å². The molecule has 2 nitrogen and oxygen atoms in total. The number of hydrogen-bond acceptors (Lipinski definition) is 2. The predicted molar refractivity (Wildman–Crippen MR) is 67.1 cm³/mol. The first kappa shape index (κ1) is 14.7. The quantitative estimate of drug-likeness (QED) is 0.685. The molecule has 0 aliphatic carbocycles. The van der Waals surface area contributed by atoms with Crippen molar-refractivity contribution in [3.05, 3.63) is 12.2 Å². The van der Waals surface area contributed by atoms with Crippen molar-refractivity contribution in [1.29, 1.82) is 0 Å². The van der Waals surface area contributed by atoms with Gasteiger partial charge in [0.2, 0.25) is 0 Å². The Morgan fingerprint density at radius 1 is 1.40 bits per heavy atom. The molecule has 0 aromatic carbocycles. The molecule has 0 heterocycles. The van der Waals surface area contributed by atoms with E-state index in [0.717, 1.165) is 12.8 Å². The van der Waals surface area contributed by atoms with Crippen LogP contribution in [0.5, 0.6) is 0 Å². The summed E-state index contributed by atoms with van der Waals surface area (Å²) in [5.41, 5.74) is 1.40. The lowest BCUT2D eigenvalue weighted by molar-refractivity contribution is -0.0112. The lowest BCUT2D eigenvalue weighted by atomic mass is 9.82. The van der Waals surface area contributed by atoms with E-state index in [4.69, 9.17) is 4.74 Å². The molecule has 1 N–H and O–H groups in total. The fraction of sp³-hybridized carbons (Fsp3) is 0.846. The molecular formula is C13H27NO. The second kappa shape index (κ2) is 6.29. The van der Waals surface area contributed by atoms with Gasteiger partial charge in [0.1, 0.15) is 0 Å². The highest BCUT2D eigenvalue weighted by molar-refractivity contribution is 4.92. The second-order valence-corrected chi connectivity index (χ2v) is 5.41. The summed E-state index contributed by atoms with van der Waals surface area (Å²) in [6.45, 7) is 12.7. The second-order valence-electron chi connectivity index (χ2n) is 5.41. The van der Waals surface area contributed by atoms with Gasteiger partial charge in [-0.2, -0.15) is 0 Å². The van der Waals surface area contributed by atoms with E-state index in [-0.39, 0.29) is 11.5 Å². The molecule has 90 valence electrons. The third-order valence-electron chi connectivity index (χ3n) is 2.73. The summed E-state index contributed by atoms with van der Waals surface area (Å²) in [6.07, 6.45) is 2.38. The first-order valence-electron chi connectivity index (χ1n) is 5.67. The molecule has 0 saturated heterocycles. The average Bonchev–Trinajstić information content (AvgIpc) is 2.09. The monoisotopic (exact) mass is 213 g/mol. The van der Waals surface area contributed by atoms with Gasteiger partial charge in [-0.05, 0) is 32.2 Å². The van der Waals surface area contributed by atoms with E-state index in [0.29, 0.717) is 6.04 Å². The average molecular weight is 213 g/mol. The topological polar surface area (TPSA) is 21.3 Å². The van der Waals surface area contributed by atoms with Gasteiger partial charge in [0, 0.05) is 13.2 Å². The molecule has 2 heteroatoms. The van der Waals surface area contributed by atoms with Crippen molar-refractivity contribution in [2.45, 2.75) is 52.7 Å². The number of methoxy groups -OCH3 is 1. The van der Waals surface area contributed by atoms with Crippen LogP contribution in [0.4, 0.5) is 0 Å². The minimum atomic E-state index is 0.164. The molecule has 0 aliphatic rings. The molecule has 0 aromatic rings. The lowest BCUT2D eigenvalue weighted by Crippen LogP contribution is -2.46. The maximum atomic E-state index is 5.61. The number of nitrogens with one attached hydrogen (secondary N) is 1. The number of hydrogen-bond donors (Lipinski definition) is 1. The zero-order valence-electron chi connectivity index (χ0n) is 11.2. The third-order valence-corrected chi connectivity index (χ3v) is 2.73. The van der Waals surface area contributed by atoms with Crippen molar-refractivity contribution in [3.8, 4) is 0 Å². The molecular weight excluding hydrogens is 186 g/mol. The standard InChI is InChI=1S/C13H27NO/c1-10(2)8-9-11(14-6)12(15-7)13(3,4)5/h11-12,14H,1,8-9H2,2-7H3. The molecule has 15 heavy (non-hydrogen) atoms. The fourth-order valence-electron chi connectivity index (χ4n) is 1.97. The number of likely N-dealkylation sites (N-methyl/N-ethyl adjacent to an activating group) is 1. The Kier molecular flexibility index (Phi) is 6.15. The maximum absolute atomic E-state index is 5.61. The van der Waals surface area contributed by atoms with Gasteiger partial charge >= 0.3 is 0 Å². The van der Waals surface area contributed by atoms with Crippen LogP contribution >= 0.6 is 0 Å². The van der Waals surface area contributed by atoms with Gasteiger partial charge in [-0.15, -0.1) is 6.58 Å². The molecule has 0 amide bonds. The zero-order valence-corrected chi connectivity index (χ0v) is 11.2. The lowest BCUT2D eigenvalue weighted by Gasteiger charge is -2.36. The van der Waals surface area contributed by atoms with Crippen molar-refractivity contribution in [2.75, 3.05) is 14.2 Å². The summed E-state index contributed by atoms with van der Waals surface area (Å²) in [6, 6.07) is 0.395. The van der Waals surface area contributed by atoms with Crippen LogP contribution in [0.1, 0.15) is 40.5 Å². The summed E-state index contributed by atoms with van der Waals surface area (Å²) in [4.78, 5) is 0. The van der Waals surface area contributed by atoms with Gasteiger partial charge in [0.05, 0.1) is 6.10 Å². The SMILES string of the molecule is C=C(C)CCC(NC)C(OC)C(C)(C)C. The van der Waals surface area contributed by atoms with Gasteiger partial charge in [-0.25, -0.2) is 0 Å². The first-order valence-corrected chi connectivity index (χ1v) is 5.67. The molecule has 0 saturated carbocycles. The van der Waals surface area contributed by atoms with Crippen molar-refractivity contribution in [2.24, 2.45) is 5.41 Å². The maximum Gasteiger partial charge on any atom is 0.0772 e. The van der Waals surface area contributed by atoms with Crippen molar-refractivity contribution < 1.29 is 4.74 Å². The molecule has 0 fully saturated rings. The summed E-state index contributed by atoms with van der Waals surface area (Å²) < 4.78 is 5.61. The van der Waals surface area contributed by atoms with E-state index in [1.54, 1.807) is 7.11 Å². The Hall–Kier alpha value is -0.340. The van der Waals surface area contributed by atoms with Gasteiger partial charge in [0.25, 0.3) is 0 Å². The predicted octanol–water partition coefficient (Wildman–Crippen LogP) is 2.99. The van der Waals surface area contributed by atoms with Crippen LogP contribution in [0.25, 0.3) is 0 Å². The zero-order chi connectivity index (χ0) is 12.1. The molecule has 2 unspecified atom stereocenters. The fourth-order valence-corrected chi connectivity index (χ4v) is 1.97. The smallest absolute Gasteiger partial charge is 0.0772 e. The number of rotatable bonds is 6. The molecule has 0 rings (SSSR count). The van der Waals surface area contributed by atoms with E-state index >= 15 is 0 Å². The van der Waals surface area contributed by atoms with E-state index < -0.39 is 0 Å². The summed E-state index contributed by atoms with van der Waals surface area (Å²) >= 11 is 0. The molecule has 0 aliphatic heterocycles. The van der Waals surface area contributed by atoms with Crippen LogP contribution in [-0.4, -0.2) is 26.3 Å². The summed E-state index contributed by atoms with van der Waals surface area (Å²) in [5, 5.41) is 3.35. The summed E-state index contributed by atoms with van der Waals surface area (Å²) in [5.74, 6) is 0. The molecule has 0 bridgehead atoms. The van der Waals surface area contributed by atoms with Gasteiger partial charge in [0.15, 0.2) is 0 Å². The van der Waals surface area contributed by atoms with E-state index in [1.807, 2.05) is 7.05 Å². The first-order chi connectivity index (χ1) is 6.82. The Balaban J connectivity index is 4.41. The van der Waals surface area contributed by atoms with Crippen LogP contribution in [0, 0.1) is 5.41 Å². The Morgan fingerprint density at radius 3 is 2.20 bits per heavy atom. The van der Waals surface area contributed by atoms with Crippen molar-refractivity contribution in [3.63, 3.8) is 0 Å². The van der Waals surface area contributed by atoms with Crippen LogP contribution in [-0.2, 0) is 4.74 Å². The Labute approximate surface area is 95.1 Å². The van der Waals surface area contributed by atoms with Crippen LogP contribution in [0.3, 0.4) is 0 Å².